The van der Waals surface area contributed by atoms with Crippen molar-refractivity contribution >= 4 is 17.6 Å². The number of carbonyl (C=O) groups excluding carboxylic acids is 1. The maximum Gasteiger partial charge on any atom is 0.341 e. The Balaban J connectivity index is 1.61. The zero-order valence-electron chi connectivity index (χ0n) is 11.0. The molecule has 4 heterocycles. The minimum absolute atomic E-state index is 0.274. The van der Waals surface area contributed by atoms with Crippen LogP contribution in [0.25, 0.3) is 0 Å². The fraction of sp³-hybridized carbons (Fsp3) is 0.571. The Kier molecular flexibility index (Phi) is 2.77. The van der Waals surface area contributed by atoms with Crippen molar-refractivity contribution in [2.75, 3.05) is 26.3 Å². The van der Waals surface area contributed by atoms with Gasteiger partial charge >= 0.3 is 5.97 Å². The van der Waals surface area contributed by atoms with Crippen LogP contribution in [0.3, 0.4) is 0 Å². The summed E-state index contributed by atoms with van der Waals surface area (Å²) in [5.74, 6) is -0.274. The average molecular weight is 295 g/mol. The van der Waals surface area contributed by atoms with Crippen molar-refractivity contribution in [1.82, 2.24) is 9.88 Å². The number of pyridine rings is 1. The van der Waals surface area contributed by atoms with Gasteiger partial charge in [-0.1, -0.05) is 11.6 Å². The highest BCUT2D eigenvalue weighted by Crippen LogP contribution is 2.44. The largest absolute Gasteiger partial charge is 0.450 e. The Hall–Kier alpha value is -1.17. The molecule has 1 aromatic heterocycles. The van der Waals surface area contributed by atoms with E-state index in [1.165, 1.54) is 6.20 Å². The molecular weight excluding hydrogens is 280 g/mol. The van der Waals surface area contributed by atoms with Crippen LogP contribution in [-0.2, 0) is 15.1 Å². The topological polar surface area (TPSA) is 51.7 Å². The molecule has 3 aliphatic heterocycles. The minimum Gasteiger partial charge on any atom is -0.450 e. The number of fused-ring (bicyclic) bond motifs is 2. The second-order valence-corrected chi connectivity index (χ2v) is 6.05. The van der Waals surface area contributed by atoms with Crippen LogP contribution < -0.4 is 0 Å². The molecule has 5 nitrogen and oxygen atoms in total. The number of esters is 1. The normalized spacial score (nSPS) is 25.4. The Labute approximate surface area is 121 Å². The Bertz CT molecular complexity index is 566. The number of carbonyl (C=O) groups is 1. The van der Waals surface area contributed by atoms with Crippen LogP contribution in [-0.4, -0.2) is 48.2 Å². The van der Waals surface area contributed by atoms with Crippen LogP contribution in [0, 0.1) is 0 Å². The van der Waals surface area contributed by atoms with E-state index in [0.717, 1.165) is 44.7 Å². The molecule has 0 amide bonds. The van der Waals surface area contributed by atoms with Crippen LogP contribution in [0.5, 0.6) is 0 Å². The number of halogens is 1. The molecule has 6 heteroatoms. The standard InChI is InChI=1S/C14H15ClN2O3/c15-12-5-11-10(6-16-12)13(18)20-14(11)1-3-17(4-2-14)9-7-19-8-9/h5-6,9H,1-4,7-8H2. The zero-order chi connectivity index (χ0) is 13.7. The lowest BCUT2D eigenvalue weighted by Gasteiger charge is -2.44. The summed E-state index contributed by atoms with van der Waals surface area (Å²) in [6, 6.07) is 2.31. The third kappa shape index (κ3) is 1.77. The van der Waals surface area contributed by atoms with Crippen LogP contribution in [0.2, 0.25) is 5.15 Å². The summed E-state index contributed by atoms with van der Waals surface area (Å²) in [4.78, 5) is 18.4. The van der Waals surface area contributed by atoms with E-state index in [1.807, 2.05) is 0 Å². The lowest BCUT2D eigenvalue weighted by molar-refractivity contribution is -0.101. The number of aromatic nitrogens is 1. The second-order valence-electron chi connectivity index (χ2n) is 5.66. The predicted molar refractivity (Wildman–Crippen MR) is 71.8 cm³/mol. The summed E-state index contributed by atoms with van der Waals surface area (Å²) in [6.07, 6.45) is 3.14. The fourth-order valence-corrected chi connectivity index (χ4v) is 3.47. The fourth-order valence-electron chi connectivity index (χ4n) is 3.31. The quantitative estimate of drug-likeness (QED) is 0.582. The summed E-state index contributed by atoms with van der Waals surface area (Å²) < 4.78 is 10.9. The molecule has 0 atom stereocenters. The molecule has 2 fully saturated rings. The second kappa shape index (κ2) is 4.41. The van der Waals surface area contributed by atoms with Crippen molar-refractivity contribution in [3.05, 3.63) is 28.5 Å². The Morgan fingerprint density at radius 2 is 2.10 bits per heavy atom. The lowest BCUT2D eigenvalue weighted by atomic mass is 9.84. The van der Waals surface area contributed by atoms with Crippen molar-refractivity contribution < 1.29 is 14.3 Å². The summed E-state index contributed by atoms with van der Waals surface area (Å²) in [5.41, 5.74) is 0.974. The molecule has 106 valence electrons. The molecule has 0 aliphatic carbocycles. The van der Waals surface area contributed by atoms with Gasteiger partial charge in [-0.3, -0.25) is 4.90 Å². The van der Waals surface area contributed by atoms with E-state index >= 15 is 0 Å². The van der Waals surface area contributed by atoms with Gasteiger partial charge in [0.25, 0.3) is 0 Å². The van der Waals surface area contributed by atoms with Crippen LogP contribution >= 0.6 is 11.6 Å². The van der Waals surface area contributed by atoms with E-state index in [9.17, 15) is 4.79 Å². The van der Waals surface area contributed by atoms with E-state index in [1.54, 1.807) is 6.07 Å². The highest BCUT2D eigenvalue weighted by Gasteiger charge is 2.48. The van der Waals surface area contributed by atoms with Gasteiger partial charge in [0.2, 0.25) is 0 Å². The maximum atomic E-state index is 12.0. The van der Waals surface area contributed by atoms with Gasteiger partial charge in [-0.2, -0.15) is 0 Å². The number of rotatable bonds is 1. The number of hydrogen-bond acceptors (Lipinski definition) is 5. The van der Waals surface area contributed by atoms with Gasteiger partial charge in [0.15, 0.2) is 0 Å². The smallest absolute Gasteiger partial charge is 0.341 e. The summed E-state index contributed by atoms with van der Waals surface area (Å²) in [6.45, 7) is 3.47. The first-order valence-electron chi connectivity index (χ1n) is 6.89. The van der Waals surface area contributed by atoms with Gasteiger partial charge in [-0.05, 0) is 6.07 Å². The minimum atomic E-state index is -0.500. The summed E-state index contributed by atoms with van der Waals surface area (Å²) in [7, 11) is 0. The first-order chi connectivity index (χ1) is 9.68. The third-order valence-electron chi connectivity index (χ3n) is 4.61. The Morgan fingerprint density at radius 1 is 1.35 bits per heavy atom. The molecule has 0 bridgehead atoms. The first-order valence-corrected chi connectivity index (χ1v) is 7.27. The number of nitrogens with zero attached hydrogens (tertiary/aromatic N) is 2. The van der Waals surface area contributed by atoms with Crippen molar-refractivity contribution in [3.63, 3.8) is 0 Å². The van der Waals surface area contributed by atoms with E-state index in [2.05, 4.69) is 9.88 Å². The zero-order valence-corrected chi connectivity index (χ0v) is 11.7. The monoisotopic (exact) mass is 294 g/mol. The third-order valence-corrected chi connectivity index (χ3v) is 4.82. The number of likely N-dealkylation sites (tertiary alicyclic amines) is 1. The van der Waals surface area contributed by atoms with Gasteiger partial charge in [-0.25, -0.2) is 9.78 Å². The molecule has 0 radical (unpaired) electrons. The van der Waals surface area contributed by atoms with E-state index in [-0.39, 0.29) is 5.97 Å². The SMILES string of the molecule is O=C1OC2(CCN(C3COC3)CC2)c2cc(Cl)ncc21. The number of ether oxygens (including phenoxy) is 2. The molecule has 0 N–H and O–H groups in total. The highest BCUT2D eigenvalue weighted by atomic mass is 35.5. The van der Waals surface area contributed by atoms with E-state index in [0.29, 0.717) is 16.8 Å². The molecule has 2 saturated heterocycles. The molecule has 0 saturated carbocycles. The van der Waals surface area contributed by atoms with Crippen molar-refractivity contribution in [3.8, 4) is 0 Å². The molecule has 3 aliphatic rings. The van der Waals surface area contributed by atoms with Gasteiger partial charge in [0.1, 0.15) is 10.8 Å². The Morgan fingerprint density at radius 3 is 2.75 bits per heavy atom. The molecule has 4 rings (SSSR count). The van der Waals surface area contributed by atoms with Gasteiger partial charge in [0, 0.05) is 37.7 Å². The van der Waals surface area contributed by atoms with Crippen LogP contribution in [0.1, 0.15) is 28.8 Å². The molecule has 20 heavy (non-hydrogen) atoms. The van der Waals surface area contributed by atoms with E-state index in [4.69, 9.17) is 21.1 Å². The molecule has 0 unspecified atom stereocenters. The maximum absolute atomic E-state index is 12.0. The summed E-state index contributed by atoms with van der Waals surface area (Å²) in [5, 5.41) is 0.413. The van der Waals surface area contributed by atoms with Gasteiger partial charge < -0.3 is 9.47 Å². The number of hydrogen-bond donors (Lipinski definition) is 0. The van der Waals surface area contributed by atoms with Crippen LogP contribution in [0.4, 0.5) is 0 Å². The predicted octanol–water partition coefficient (Wildman–Crippen LogP) is 1.60. The average Bonchev–Trinajstić information content (AvgIpc) is 2.63. The molecule has 1 aromatic rings. The molecule has 1 spiro atoms. The highest BCUT2D eigenvalue weighted by molar-refractivity contribution is 6.29. The van der Waals surface area contributed by atoms with Gasteiger partial charge in [-0.15, -0.1) is 0 Å². The van der Waals surface area contributed by atoms with Crippen molar-refractivity contribution in [2.45, 2.75) is 24.5 Å². The summed E-state index contributed by atoms with van der Waals surface area (Å²) >= 11 is 5.98. The van der Waals surface area contributed by atoms with Crippen molar-refractivity contribution in [2.24, 2.45) is 0 Å². The molecule has 0 aromatic carbocycles. The lowest BCUT2D eigenvalue weighted by Crippen LogP contribution is -2.54. The number of piperidine rings is 1. The van der Waals surface area contributed by atoms with Crippen LogP contribution in [0.15, 0.2) is 12.3 Å². The van der Waals surface area contributed by atoms with Crippen molar-refractivity contribution in [1.29, 1.82) is 0 Å². The van der Waals surface area contributed by atoms with E-state index < -0.39 is 5.60 Å². The molecular formula is C14H15ClN2O3. The van der Waals surface area contributed by atoms with Gasteiger partial charge in [0.05, 0.1) is 24.8 Å². The first kappa shape index (κ1) is 12.6.